The number of pyridine rings is 1. The van der Waals surface area contributed by atoms with Crippen molar-refractivity contribution < 1.29 is 19.1 Å². The van der Waals surface area contributed by atoms with Crippen molar-refractivity contribution in [1.82, 2.24) is 4.98 Å². The number of rotatable bonds is 2. The molecule has 0 atom stereocenters. The van der Waals surface area contributed by atoms with Gasteiger partial charge in [0.1, 0.15) is 5.60 Å². The molecule has 3 aromatic rings. The number of imide groups is 1. The van der Waals surface area contributed by atoms with E-state index in [1.165, 1.54) is 0 Å². The van der Waals surface area contributed by atoms with Crippen molar-refractivity contribution in [1.29, 1.82) is 0 Å². The molecule has 0 unspecified atom stereocenters. The Balaban J connectivity index is 1.85. The summed E-state index contributed by atoms with van der Waals surface area (Å²) in [4.78, 5) is 43.8. The molecule has 4 rings (SSSR count). The maximum Gasteiger partial charge on any atom is 0.412 e. The highest BCUT2D eigenvalue weighted by Gasteiger charge is 2.38. The second-order valence-electron chi connectivity index (χ2n) is 7.77. The number of halogens is 1. The van der Waals surface area contributed by atoms with Gasteiger partial charge in [-0.15, -0.1) is 0 Å². The van der Waals surface area contributed by atoms with Gasteiger partial charge in [-0.2, -0.15) is 0 Å². The first-order valence-electron chi connectivity index (χ1n) is 9.22. The van der Waals surface area contributed by atoms with Crippen LogP contribution in [0.4, 0.5) is 16.2 Å². The van der Waals surface area contributed by atoms with Crippen LogP contribution >= 0.6 is 15.9 Å². The van der Waals surface area contributed by atoms with E-state index in [-0.39, 0.29) is 5.69 Å². The number of hydrogen-bond acceptors (Lipinski definition) is 5. The number of anilines is 2. The average molecular weight is 468 g/mol. The molecular formula is C22H18BrN3O4. The summed E-state index contributed by atoms with van der Waals surface area (Å²) >= 11 is 3.49. The van der Waals surface area contributed by atoms with Gasteiger partial charge in [-0.1, -0.05) is 12.1 Å². The van der Waals surface area contributed by atoms with E-state index in [1.807, 2.05) is 0 Å². The minimum atomic E-state index is -0.680. The molecule has 3 amide bonds. The van der Waals surface area contributed by atoms with Gasteiger partial charge >= 0.3 is 6.09 Å². The molecule has 152 valence electrons. The van der Waals surface area contributed by atoms with E-state index in [2.05, 4.69) is 26.2 Å². The number of ether oxygens (including phenoxy) is 1. The molecule has 0 fully saturated rings. The molecule has 7 nitrogen and oxygen atoms in total. The van der Waals surface area contributed by atoms with Crippen molar-refractivity contribution in [2.45, 2.75) is 26.4 Å². The Morgan fingerprint density at radius 2 is 1.70 bits per heavy atom. The molecule has 1 N–H and O–H groups in total. The minimum Gasteiger partial charge on any atom is -0.444 e. The van der Waals surface area contributed by atoms with Gasteiger partial charge in [0.15, 0.2) is 0 Å². The van der Waals surface area contributed by atoms with Crippen molar-refractivity contribution in [2.75, 3.05) is 10.2 Å². The van der Waals surface area contributed by atoms with E-state index in [1.54, 1.807) is 69.4 Å². The molecule has 0 aliphatic carbocycles. The predicted octanol–water partition coefficient (Wildman–Crippen LogP) is 5.14. The lowest BCUT2D eigenvalue weighted by Gasteiger charge is -2.22. The molecule has 1 aliphatic heterocycles. The number of aromatic nitrogens is 1. The third-order valence-corrected chi connectivity index (χ3v) is 5.33. The van der Waals surface area contributed by atoms with Crippen LogP contribution in [0.5, 0.6) is 0 Å². The van der Waals surface area contributed by atoms with Crippen LogP contribution in [0.3, 0.4) is 0 Å². The van der Waals surface area contributed by atoms with E-state index >= 15 is 0 Å². The molecule has 1 aliphatic rings. The monoisotopic (exact) mass is 467 g/mol. The van der Waals surface area contributed by atoms with Crippen molar-refractivity contribution in [3.8, 4) is 0 Å². The van der Waals surface area contributed by atoms with E-state index in [0.717, 1.165) is 4.90 Å². The zero-order chi connectivity index (χ0) is 21.6. The van der Waals surface area contributed by atoms with E-state index < -0.39 is 23.5 Å². The highest BCUT2D eigenvalue weighted by molar-refractivity contribution is 9.10. The highest BCUT2D eigenvalue weighted by atomic mass is 79.9. The third kappa shape index (κ3) is 3.43. The van der Waals surface area contributed by atoms with Gasteiger partial charge in [0.2, 0.25) is 0 Å². The number of benzene rings is 2. The zero-order valence-corrected chi connectivity index (χ0v) is 18.1. The lowest BCUT2D eigenvalue weighted by molar-refractivity contribution is 0.0635. The lowest BCUT2D eigenvalue weighted by atomic mass is 10.1. The van der Waals surface area contributed by atoms with E-state index in [0.29, 0.717) is 32.2 Å². The first-order valence-corrected chi connectivity index (χ1v) is 10.0. The van der Waals surface area contributed by atoms with E-state index in [9.17, 15) is 14.4 Å². The SMILES string of the molecule is CC(C)(C)OC(=O)Nc1cc(N2C(=O)c3ccccc3C2=O)c2ncccc2c1Br. The summed E-state index contributed by atoms with van der Waals surface area (Å²) in [6.45, 7) is 5.28. The summed E-state index contributed by atoms with van der Waals surface area (Å²) in [6, 6.07) is 11.7. The van der Waals surface area contributed by atoms with Crippen LogP contribution in [-0.2, 0) is 4.74 Å². The Morgan fingerprint density at radius 3 is 2.30 bits per heavy atom. The molecule has 1 aromatic heterocycles. The Labute approximate surface area is 181 Å². The smallest absolute Gasteiger partial charge is 0.412 e. The Kier molecular flexibility index (Phi) is 4.82. The Hall–Kier alpha value is -3.26. The number of carbonyl (C=O) groups excluding carboxylic acids is 3. The first-order chi connectivity index (χ1) is 14.2. The first kappa shape index (κ1) is 20.0. The zero-order valence-electron chi connectivity index (χ0n) is 16.5. The summed E-state index contributed by atoms with van der Waals surface area (Å²) in [5, 5.41) is 3.33. The van der Waals surface area contributed by atoms with Gasteiger partial charge in [-0.25, -0.2) is 9.69 Å². The molecular weight excluding hydrogens is 450 g/mol. The fraction of sp³-hybridized carbons (Fsp3) is 0.182. The maximum atomic E-state index is 13.0. The Morgan fingerprint density at radius 1 is 1.07 bits per heavy atom. The second-order valence-corrected chi connectivity index (χ2v) is 8.57. The van der Waals surface area contributed by atoms with Crippen LogP contribution in [0.1, 0.15) is 41.5 Å². The van der Waals surface area contributed by atoms with Crippen LogP contribution in [0.25, 0.3) is 10.9 Å². The van der Waals surface area contributed by atoms with Gasteiger partial charge in [0, 0.05) is 11.6 Å². The maximum absolute atomic E-state index is 13.0. The Bertz CT molecular complexity index is 1180. The fourth-order valence-electron chi connectivity index (χ4n) is 3.28. The van der Waals surface area contributed by atoms with Crippen LogP contribution in [0, 0.1) is 0 Å². The third-order valence-electron chi connectivity index (χ3n) is 4.47. The van der Waals surface area contributed by atoms with Gasteiger partial charge in [-0.05, 0) is 67.0 Å². The van der Waals surface area contributed by atoms with Crippen molar-refractivity contribution in [3.63, 3.8) is 0 Å². The van der Waals surface area contributed by atoms with Crippen molar-refractivity contribution in [3.05, 3.63) is 64.3 Å². The summed E-state index contributed by atoms with van der Waals surface area (Å²) in [6.07, 6.45) is 0.928. The molecule has 0 spiro atoms. The minimum absolute atomic E-state index is 0.283. The standard InChI is InChI=1S/C22H18BrN3O4/c1-22(2,3)30-21(29)25-15-11-16(18-14(17(15)23)9-6-10-24-18)26-19(27)12-7-4-5-8-13(12)20(26)28/h4-11H,1-3H3,(H,25,29). The number of nitrogens with one attached hydrogen (secondary N) is 1. The number of nitrogens with zero attached hydrogens (tertiary/aromatic N) is 2. The average Bonchev–Trinajstić information content (AvgIpc) is 2.94. The summed E-state index contributed by atoms with van der Waals surface area (Å²) in [5.41, 5.74) is 1.07. The van der Waals surface area contributed by atoms with Gasteiger partial charge in [-0.3, -0.25) is 19.9 Å². The van der Waals surface area contributed by atoms with Crippen LogP contribution in [0.2, 0.25) is 0 Å². The summed E-state index contributed by atoms with van der Waals surface area (Å²) < 4.78 is 5.90. The number of hydrogen-bond donors (Lipinski definition) is 1. The molecule has 0 bridgehead atoms. The molecule has 2 heterocycles. The molecule has 2 aromatic carbocycles. The quantitative estimate of drug-likeness (QED) is 0.526. The number of fused-ring (bicyclic) bond motifs is 2. The normalized spacial score (nSPS) is 13.5. The van der Waals surface area contributed by atoms with Crippen LogP contribution < -0.4 is 10.2 Å². The molecule has 8 heteroatoms. The number of carbonyl (C=O) groups is 3. The van der Waals surface area contributed by atoms with E-state index in [4.69, 9.17) is 4.74 Å². The predicted molar refractivity (Wildman–Crippen MR) is 117 cm³/mol. The summed E-state index contributed by atoms with van der Waals surface area (Å²) in [5.74, 6) is -0.874. The van der Waals surface area contributed by atoms with Crippen molar-refractivity contribution >= 4 is 56.1 Å². The largest absolute Gasteiger partial charge is 0.444 e. The van der Waals surface area contributed by atoms with Gasteiger partial charge < -0.3 is 4.74 Å². The topological polar surface area (TPSA) is 88.6 Å². The molecule has 0 saturated carbocycles. The molecule has 0 saturated heterocycles. The summed E-state index contributed by atoms with van der Waals surface area (Å²) in [7, 11) is 0. The highest BCUT2D eigenvalue weighted by Crippen LogP contribution is 2.40. The number of amides is 3. The molecule has 30 heavy (non-hydrogen) atoms. The van der Waals surface area contributed by atoms with Crippen LogP contribution in [0.15, 0.2) is 53.1 Å². The van der Waals surface area contributed by atoms with Gasteiger partial charge in [0.25, 0.3) is 11.8 Å². The fourth-order valence-corrected chi connectivity index (χ4v) is 3.82. The van der Waals surface area contributed by atoms with Crippen molar-refractivity contribution in [2.24, 2.45) is 0 Å². The molecule has 0 radical (unpaired) electrons. The van der Waals surface area contributed by atoms with Gasteiger partial charge in [0.05, 0.1) is 32.5 Å². The lowest BCUT2D eigenvalue weighted by Crippen LogP contribution is -2.30. The van der Waals surface area contributed by atoms with Crippen LogP contribution in [-0.4, -0.2) is 28.5 Å². The second kappa shape index (κ2) is 7.21.